The Kier molecular flexibility index (Phi) is 5.35. The molecule has 0 aliphatic carbocycles. The summed E-state index contributed by atoms with van der Waals surface area (Å²) < 4.78 is 0. The Bertz CT molecular complexity index is 550. The first kappa shape index (κ1) is 15.8. The molecule has 1 aromatic heterocycles. The quantitative estimate of drug-likeness (QED) is 0.387. The standard InChI is InChI=1S/C10H10ClN3O6/c11-8-3-5(7(4-12-8)14(19)20)9(16)13-6(1-2-15)10(17)18/h3-4,6,15H,1-2H2,(H,13,16)(H,17,18). The van der Waals surface area contributed by atoms with Gasteiger partial charge in [0.2, 0.25) is 0 Å². The maximum Gasteiger partial charge on any atom is 0.326 e. The number of hydrogen-bond donors (Lipinski definition) is 3. The number of aromatic nitrogens is 1. The van der Waals surface area contributed by atoms with Crippen molar-refractivity contribution in [2.45, 2.75) is 12.5 Å². The summed E-state index contributed by atoms with van der Waals surface area (Å²) in [6, 6.07) is -0.397. The highest BCUT2D eigenvalue weighted by atomic mass is 35.5. The SMILES string of the molecule is O=C(NC(CCO)C(=O)O)c1cc(Cl)ncc1[N+](=O)[O-]. The van der Waals surface area contributed by atoms with Crippen molar-refractivity contribution in [2.75, 3.05) is 6.61 Å². The normalized spacial score (nSPS) is 11.7. The Hall–Kier alpha value is -2.26. The number of amides is 1. The van der Waals surface area contributed by atoms with Crippen LogP contribution in [-0.2, 0) is 4.79 Å². The fourth-order valence-corrected chi connectivity index (χ4v) is 1.53. The average Bonchev–Trinajstić information content (AvgIpc) is 2.37. The molecule has 1 aromatic rings. The Balaban J connectivity index is 3.05. The maximum atomic E-state index is 11.9. The molecule has 1 atom stereocenters. The highest BCUT2D eigenvalue weighted by molar-refractivity contribution is 6.29. The summed E-state index contributed by atoms with van der Waals surface area (Å²) in [6.07, 6.45) is 0.576. The van der Waals surface area contributed by atoms with Crippen LogP contribution in [0.25, 0.3) is 0 Å². The first-order chi connectivity index (χ1) is 9.36. The lowest BCUT2D eigenvalue weighted by Crippen LogP contribution is -2.41. The molecule has 20 heavy (non-hydrogen) atoms. The number of nitrogens with zero attached hydrogens (tertiary/aromatic N) is 2. The van der Waals surface area contributed by atoms with Gasteiger partial charge in [0, 0.05) is 13.0 Å². The van der Waals surface area contributed by atoms with Gasteiger partial charge in [-0.15, -0.1) is 0 Å². The second-order valence-corrected chi connectivity index (χ2v) is 4.05. The van der Waals surface area contributed by atoms with Crippen LogP contribution in [0.15, 0.2) is 12.3 Å². The minimum absolute atomic E-state index is 0.144. The summed E-state index contributed by atoms with van der Waals surface area (Å²) in [7, 11) is 0. The number of halogens is 1. The molecular weight excluding hydrogens is 294 g/mol. The zero-order valence-corrected chi connectivity index (χ0v) is 10.7. The minimum atomic E-state index is -1.37. The summed E-state index contributed by atoms with van der Waals surface area (Å²) in [5.74, 6) is -2.35. The van der Waals surface area contributed by atoms with Crippen molar-refractivity contribution < 1.29 is 24.7 Å². The molecule has 0 fully saturated rings. The van der Waals surface area contributed by atoms with E-state index < -0.39 is 40.7 Å². The molecule has 1 heterocycles. The molecule has 0 aliphatic rings. The monoisotopic (exact) mass is 303 g/mol. The first-order valence-corrected chi connectivity index (χ1v) is 5.69. The van der Waals surface area contributed by atoms with E-state index >= 15 is 0 Å². The Morgan fingerprint density at radius 3 is 2.70 bits per heavy atom. The van der Waals surface area contributed by atoms with Crippen LogP contribution in [0.5, 0.6) is 0 Å². The molecule has 0 aliphatic heterocycles. The van der Waals surface area contributed by atoms with Gasteiger partial charge in [-0.2, -0.15) is 0 Å². The number of carbonyl (C=O) groups excluding carboxylic acids is 1. The Morgan fingerprint density at radius 2 is 2.20 bits per heavy atom. The fraction of sp³-hybridized carbons (Fsp3) is 0.300. The molecule has 9 nitrogen and oxygen atoms in total. The van der Waals surface area contributed by atoms with E-state index in [1.165, 1.54) is 0 Å². The lowest BCUT2D eigenvalue weighted by molar-refractivity contribution is -0.385. The van der Waals surface area contributed by atoms with Crippen LogP contribution >= 0.6 is 11.6 Å². The molecule has 108 valence electrons. The van der Waals surface area contributed by atoms with Gasteiger partial charge in [0.05, 0.1) is 4.92 Å². The van der Waals surface area contributed by atoms with E-state index in [0.717, 1.165) is 12.3 Å². The third-order valence-electron chi connectivity index (χ3n) is 2.31. The van der Waals surface area contributed by atoms with Crippen LogP contribution in [-0.4, -0.2) is 44.6 Å². The molecule has 1 unspecified atom stereocenters. The summed E-state index contributed by atoms with van der Waals surface area (Å²) in [6.45, 7) is -0.462. The van der Waals surface area contributed by atoms with Crippen molar-refractivity contribution in [1.82, 2.24) is 10.3 Å². The van der Waals surface area contributed by atoms with Gasteiger partial charge in [-0.3, -0.25) is 14.9 Å². The second-order valence-electron chi connectivity index (χ2n) is 3.66. The van der Waals surface area contributed by atoms with Gasteiger partial charge in [0.1, 0.15) is 23.0 Å². The number of pyridine rings is 1. The number of nitrogens with one attached hydrogen (secondary N) is 1. The highest BCUT2D eigenvalue weighted by Gasteiger charge is 2.26. The van der Waals surface area contributed by atoms with Crippen LogP contribution in [0.2, 0.25) is 5.15 Å². The molecule has 3 N–H and O–H groups in total. The van der Waals surface area contributed by atoms with Crippen LogP contribution < -0.4 is 5.32 Å². The van der Waals surface area contributed by atoms with Crippen LogP contribution in [0.1, 0.15) is 16.8 Å². The number of aliphatic carboxylic acids is 1. The van der Waals surface area contributed by atoms with Crippen molar-refractivity contribution >= 4 is 29.2 Å². The van der Waals surface area contributed by atoms with Crippen LogP contribution in [0.4, 0.5) is 5.69 Å². The third-order valence-corrected chi connectivity index (χ3v) is 2.52. The fourth-order valence-electron chi connectivity index (χ4n) is 1.37. The molecule has 0 bridgehead atoms. The van der Waals surface area contributed by atoms with Gasteiger partial charge in [-0.25, -0.2) is 9.78 Å². The summed E-state index contributed by atoms with van der Waals surface area (Å²) in [4.78, 5) is 36.1. The average molecular weight is 304 g/mol. The summed E-state index contributed by atoms with van der Waals surface area (Å²) >= 11 is 5.56. The first-order valence-electron chi connectivity index (χ1n) is 5.31. The largest absolute Gasteiger partial charge is 0.480 e. The van der Waals surface area contributed by atoms with Gasteiger partial charge < -0.3 is 15.5 Å². The van der Waals surface area contributed by atoms with Crippen LogP contribution in [0.3, 0.4) is 0 Å². The van der Waals surface area contributed by atoms with Gasteiger partial charge in [-0.05, 0) is 6.07 Å². The molecule has 1 rings (SSSR count). The number of carbonyl (C=O) groups is 2. The third kappa shape index (κ3) is 3.87. The smallest absolute Gasteiger partial charge is 0.326 e. The molecule has 1 amide bonds. The van der Waals surface area contributed by atoms with E-state index in [2.05, 4.69) is 10.3 Å². The number of carboxylic acid groups (broad SMARTS) is 1. The lowest BCUT2D eigenvalue weighted by atomic mass is 10.1. The maximum absolute atomic E-state index is 11.9. The van der Waals surface area contributed by atoms with Crippen molar-refractivity contribution in [3.8, 4) is 0 Å². The van der Waals surface area contributed by atoms with Gasteiger partial charge in [-0.1, -0.05) is 11.6 Å². The molecular formula is C10H10ClN3O6. The molecule has 0 saturated carbocycles. The Morgan fingerprint density at radius 1 is 1.55 bits per heavy atom. The minimum Gasteiger partial charge on any atom is -0.480 e. The second kappa shape index (κ2) is 6.78. The van der Waals surface area contributed by atoms with E-state index in [1.807, 2.05) is 0 Å². The number of aliphatic hydroxyl groups is 1. The van der Waals surface area contributed by atoms with E-state index in [0.29, 0.717) is 0 Å². The number of carboxylic acids is 1. The van der Waals surface area contributed by atoms with E-state index in [-0.39, 0.29) is 11.6 Å². The lowest BCUT2D eigenvalue weighted by Gasteiger charge is -2.13. The number of hydrogen-bond acceptors (Lipinski definition) is 6. The molecule has 0 spiro atoms. The van der Waals surface area contributed by atoms with Crippen LogP contribution in [0, 0.1) is 10.1 Å². The van der Waals surface area contributed by atoms with Crippen molar-refractivity contribution in [1.29, 1.82) is 0 Å². The zero-order valence-electron chi connectivity index (χ0n) is 9.95. The molecule has 10 heteroatoms. The van der Waals surface area contributed by atoms with Crippen molar-refractivity contribution in [2.24, 2.45) is 0 Å². The van der Waals surface area contributed by atoms with Gasteiger partial charge in [0.25, 0.3) is 11.6 Å². The topological polar surface area (TPSA) is 143 Å². The number of aliphatic hydroxyl groups excluding tert-OH is 1. The van der Waals surface area contributed by atoms with E-state index in [9.17, 15) is 19.7 Å². The molecule has 0 aromatic carbocycles. The number of rotatable bonds is 6. The highest BCUT2D eigenvalue weighted by Crippen LogP contribution is 2.20. The van der Waals surface area contributed by atoms with Crippen molar-refractivity contribution in [3.63, 3.8) is 0 Å². The van der Waals surface area contributed by atoms with E-state index in [4.69, 9.17) is 21.8 Å². The van der Waals surface area contributed by atoms with Gasteiger partial charge in [0.15, 0.2) is 0 Å². The summed E-state index contributed by atoms with van der Waals surface area (Å²) in [5.41, 5.74) is -1.00. The Labute approximate surface area is 117 Å². The summed E-state index contributed by atoms with van der Waals surface area (Å²) in [5, 5.41) is 30.2. The van der Waals surface area contributed by atoms with Crippen molar-refractivity contribution in [3.05, 3.63) is 33.1 Å². The predicted octanol–water partition coefficient (Wildman–Crippen LogP) is 0.209. The molecule has 0 radical (unpaired) electrons. The zero-order chi connectivity index (χ0) is 15.3. The van der Waals surface area contributed by atoms with Gasteiger partial charge >= 0.3 is 5.97 Å². The van der Waals surface area contributed by atoms with E-state index in [1.54, 1.807) is 0 Å². The number of nitro groups is 1. The molecule has 0 saturated heterocycles. The predicted molar refractivity (Wildman–Crippen MR) is 66.5 cm³/mol.